The number of hydrogen-bond donors (Lipinski definition) is 1. The lowest BCUT2D eigenvalue weighted by atomic mass is 10.1. The van der Waals surface area contributed by atoms with Crippen molar-refractivity contribution in [2.24, 2.45) is 0 Å². The molecule has 1 aromatic rings. The van der Waals surface area contributed by atoms with Gasteiger partial charge in [-0.05, 0) is 25.5 Å². The number of furan rings is 1. The van der Waals surface area contributed by atoms with E-state index in [2.05, 4.69) is 4.90 Å². The molecule has 90 valence electrons. The van der Waals surface area contributed by atoms with Gasteiger partial charge in [0.2, 0.25) is 0 Å². The molecule has 1 N–H and O–H groups in total. The number of rotatable bonds is 5. The van der Waals surface area contributed by atoms with Crippen molar-refractivity contribution in [2.75, 3.05) is 26.3 Å². The fourth-order valence-corrected chi connectivity index (χ4v) is 2.15. The van der Waals surface area contributed by atoms with Crippen LogP contribution in [0.4, 0.5) is 0 Å². The van der Waals surface area contributed by atoms with Crippen molar-refractivity contribution in [3.8, 4) is 0 Å². The van der Waals surface area contributed by atoms with Crippen LogP contribution in [0.3, 0.4) is 0 Å². The molecule has 0 radical (unpaired) electrons. The maximum Gasteiger partial charge on any atom is 0.0947 e. The van der Waals surface area contributed by atoms with Crippen molar-refractivity contribution in [3.63, 3.8) is 0 Å². The molecule has 2 heterocycles. The maximum atomic E-state index is 8.72. The van der Waals surface area contributed by atoms with Gasteiger partial charge in [0.15, 0.2) is 0 Å². The highest BCUT2D eigenvalue weighted by Crippen LogP contribution is 2.16. The van der Waals surface area contributed by atoms with E-state index in [4.69, 9.17) is 14.3 Å². The van der Waals surface area contributed by atoms with E-state index in [1.165, 1.54) is 5.56 Å². The van der Waals surface area contributed by atoms with Gasteiger partial charge in [-0.3, -0.25) is 4.90 Å². The van der Waals surface area contributed by atoms with Crippen molar-refractivity contribution < 1.29 is 14.3 Å². The molecule has 4 nitrogen and oxygen atoms in total. The molecule has 1 aromatic heterocycles. The number of nitrogens with zero attached hydrogens (tertiary/aromatic N) is 1. The van der Waals surface area contributed by atoms with E-state index < -0.39 is 0 Å². The van der Waals surface area contributed by atoms with Crippen LogP contribution >= 0.6 is 0 Å². The molecule has 1 saturated heterocycles. The van der Waals surface area contributed by atoms with E-state index in [-0.39, 0.29) is 12.7 Å². The molecular formula is C12H19NO3. The molecule has 0 amide bonds. The minimum atomic E-state index is 0.109. The Bertz CT molecular complexity index is 286. The van der Waals surface area contributed by atoms with Crippen LogP contribution in [0, 0.1) is 0 Å². The summed E-state index contributed by atoms with van der Waals surface area (Å²) in [5.74, 6) is 0. The minimum absolute atomic E-state index is 0.109. The Morgan fingerprint density at radius 3 is 3.25 bits per heavy atom. The molecule has 1 aliphatic rings. The van der Waals surface area contributed by atoms with Gasteiger partial charge in [-0.1, -0.05) is 0 Å². The Morgan fingerprint density at radius 1 is 1.56 bits per heavy atom. The van der Waals surface area contributed by atoms with Gasteiger partial charge < -0.3 is 14.3 Å². The van der Waals surface area contributed by atoms with Gasteiger partial charge in [-0.2, -0.15) is 0 Å². The molecule has 1 aliphatic heterocycles. The normalized spacial score (nSPS) is 22.4. The summed E-state index contributed by atoms with van der Waals surface area (Å²) in [6.45, 7) is 3.55. The van der Waals surface area contributed by atoms with Gasteiger partial charge in [0.25, 0.3) is 0 Å². The standard InChI is InChI=1S/C12H19NO3/c14-5-7-16-12-2-1-4-13(9-12)8-11-3-6-15-10-11/h3,6,10,12,14H,1-2,4-5,7-9H2. The van der Waals surface area contributed by atoms with Crippen LogP contribution < -0.4 is 0 Å². The van der Waals surface area contributed by atoms with Gasteiger partial charge in [0.1, 0.15) is 0 Å². The molecule has 0 aromatic carbocycles. The van der Waals surface area contributed by atoms with Gasteiger partial charge >= 0.3 is 0 Å². The number of piperidine rings is 1. The van der Waals surface area contributed by atoms with E-state index in [1.54, 1.807) is 12.5 Å². The molecule has 1 atom stereocenters. The second-order valence-electron chi connectivity index (χ2n) is 4.23. The van der Waals surface area contributed by atoms with E-state index in [0.717, 1.165) is 32.5 Å². The van der Waals surface area contributed by atoms with E-state index in [0.29, 0.717) is 6.61 Å². The van der Waals surface area contributed by atoms with Crippen molar-refractivity contribution in [2.45, 2.75) is 25.5 Å². The predicted molar refractivity (Wildman–Crippen MR) is 60.0 cm³/mol. The molecule has 2 rings (SSSR count). The first-order chi connectivity index (χ1) is 7.88. The van der Waals surface area contributed by atoms with Crippen LogP contribution in [0.5, 0.6) is 0 Å². The molecule has 0 spiro atoms. The monoisotopic (exact) mass is 225 g/mol. The largest absolute Gasteiger partial charge is 0.472 e. The SMILES string of the molecule is OCCOC1CCCN(Cc2ccoc2)C1. The van der Waals surface area contributed by atoms with E-state index in [9.17, 15) is 0 Å². The van der Waals surface area contributed by atoms with E-state index in [1.807, 2.05) is 6.07 Å². The summed E-state index contributed by atoms with van der Waals surface area (Å²) in [5.41, 5.74) is 1.21. The first-order valence-corrected chi connectivity index (χ1v) is 5.84. The lowest BCUT2D eigenvalue weighted by Crippen LogP contribution is -2.39. The number of hydrogen-bond acceptors (Lipinski definition) is 4. The number of aliphatic hydroxyl groups is 1. The summed E-state index contributed by atoms with van der Waals surface area (Å²) >= 11 is 0. The molecule has 16 heavy (non-hydrogen) atoms. The van der Waals surface area contributed by atoms with Crippen molar-refractivity contribution >= 4 is 0 Å². The number of likely N-dealkylation sites (tertiary alicyclic amines) is 1. The zero-order chi connectivity index (χ0) is 11.2. The topological polar surface area (TPSA) is 45.8 Å². The van der Waals surface area contributed by atoms with Crippen LogP contribution in [0.25, 0.3) is 0 Å². The summed E-state index contributed by atoms with van der Waals surface area (Å²) in [7, 11) is 0. The van der Waals surface area contributed by atoms with Gasteiger partial charge in [-0.15, -0.1) is 0 Å². The second-order valence-corrected chi connectivity index (χ2v) is 4.23. The quantitative estimate of drug-likeness (QED) is 0.819. The van der Waals surface area contributed by atoms with Crippen LogP contribution in [-0.4, -0.2) is 42.4 Å². The Kier molecular flexibility index (Phi) is 4.39. The Balaban J connectivity index is 1.77. The average molecular weight is 225 g/mol. The van der Waals surface area contributed by atoms with Crippen LogP contribution in [0.2, 0.25) is 0 Å². The zero-order valence-electron chi connectivity index (χ0n) is 9.47. The Labute approximate surface area is 95.8 Å². The summed E-state index contributed by atoms with van der Waals surface area (Å²) in [6, 6.07) is 2.00. The molecule has 0 saturated carbocycles. The van der Waals surface area contributed by atoms with E-state index >= 15 is 0 Å². The Morgan fingerprint density at radius 2 is 2.50 bits per heavy atom. The Hall–Kier alpha value is -0.840. The third kappa shape index (κ3) is 3.33. The van der Waals surface area contributed by atoms with Crippen molar-refractivity contribution in [3.05, 3.63) is 24.2 Å². The summed E-state index contributed by atoms with van der Waals surface area (Å²) in [6.07, 6.45) is 6.03. The van der Waals surface area contributed by atoms with Crippen LogP contribution in [0.15, 0.2) is 23.0 Å². The zero-order valence-corrected chi connectivity index (χ0v) is 9.47. The number of aliphatic hydroxyl groups excluding tert-OH is 1. The van der Waals surface area contributed by atoms with Crippen molar-refractivity contribution in [1.82, 2.24) is 4.90 Å². The highest BCUT2D eigenvalue weighted by atomic mass is 16.5. The molecule has 0 bridgehead atoms. The number of ether oxygens (including phenoxy) is 1. The lowest BCUT2D eigenvalue weighted by Gasteiger charge is -2.32. The van der Waals surface area contributed by atoms with Crippen molar-refractivity contribution in [1.29, 1.82) is 0 Å². The predicted octanol–water partition coefficient (Wildman–Crippen LogP) is 1.25. The summed E-state index contributed by atoms with van der Waals surface area (Å²) < 4.78 is 10.6. The molecule has 4 heteroatoms. The van der Waals surface area contributed by atoms with Gasteiger partial charge in [-0.25, -0.2) is 0 Å². The minimum Gasteiger partial charge on any atom is -0.472 e. The first-order valence-electron chi connectivity index (χ1n) is 5.84. The third-order valence-corrected chi connectivity index (χ3v) is 2.89. The van der Waals surface area contributed by atoms with Gasteiger partial charge in [0, 0.05) is 18.7 Å². The summed E-state index contributed by atoms with van der Waals surface area (Å²) in [5, 5.41) is 8.72. The third-order valence-electron chi connectivity index (χ3n) is 2.89. The fourth-order valence-electron chi connectivity index (χ4n) is 2.15. The molecule has 0 aliphatic carbocycles. The highest BCUT2D eigenvalue weighted by Gasteiger charge is 2.20. The highest BCUT2D eigenvalue weighted by molar-refractivity contribution is 5.05. The fraction of sp³-hybridized carbons (Fsp3) is 0.667. The van der Waals surface area contributed by atoms with Crippen LogP contribution in [0.1, 0.15) is 18.4 Å². The lowest BCUT2D eigenvalue weighted by molar-refractivity contribution is -0.0163. The average Bonchev–Trinajstić information content (AvgIpc) is 2.80. The first kappa shape index (κ1) is 11.6. The summed E-state index contributed by atoms with van der Waals surface area (Å²) in [4.78, 5) is 2.37. The smallest absolute Gasteiger partial charge is 0.0947 e. The van der Waals surface area contributed by atoms with Gasteiger partial charge in [0.05, 0.1) is 31.8 Å². The maximum absolute atomic E-state index is 8.72. The molecule has 1 unspecified atom stereocenters. The molecule has 1 fully saturated rings. The van der Waals surface area contributed by atoms with Crippen LogP contribution in [-0.2, 0) is 11.3 Å². The molecular weight excluding hydrogens is 206 g/mol. The second kappa shape index (κ2) is 6.03.